The number of benzene rings is 1. The van der Waals surface area contributed by atoms with Gasteiger partial charge in [0.1, 0.15) is 0 Å². The third kappa shape index (κ3) is 5.13. The molecule has 0 spiro atoms. The minimum absolute atomic E-state index is 0.109. The SMILES string of the molecule is C[C@H](CN1CCCC1=O)NC(=O)Nc1ccccc1N1C[C@H](C)O[C@@H](C)C1. The molecule has 0 aromatic heterocycles. The first-order chi connectivity index (χ1) is 12.9. The second-order valence-electron chi connectivity index (χ2n) is 7.62. The van der Waals surface area contributed by atoms with E-state index in [4.69, 9.17) is 4.74 Å². The van der Waals surface area contributed by atoms with Gasteiger partial charge in [-0.3, -0.25) is 4.79 Å². The van der Waals surface area contributed by atoms with Crippen molar-refractivity contribution in [2.24, 2.45) is 0 Å². The number of hydrogen-bond acceptors (Lipinski definition) is 4. The van der Waals surface area contributed by atoms with E-state index in [2.05, 4.69) is 29.4 Å². The second kappa shape index (κ2) is 8.61. The van der Waals surface area contributed by atoms with Gasteiger partial charge in [-0.15, -0.1) is 0 Å². The lowest BCUT2D eigenvalue weighted by Gasteiger charge is -2.37. The summed E-state index contributed by atoms with van der Waals surface area (Å²) in [4.78, 5) is 28.3. The zero-order chi connectivity index (χ0) is 19.4. The quantitative estimate of drug-likeness (QED) is 0.830. The van der Waals surface area contributed by atoms with Crippen LogP contribution in [-0.2, 0) is 9.53 Å². The Balaban J connectivity index is 1.60. The number of hydrogen-bond donors (Lipinski definition) is 2. The molecule has 1 aromatic carbocycles. The predicted octanol–water partition coefficient (Wildman–Crippen LogP) is 2.43. The molecule has 3 rings (SSSR count). The number of carbonyl (C=O) groups excluding carboxylic acids is 2. The summed E-state index contributed by atoms with van der Waals surface area (Å²) in [5.74, 6) is 0.171. The van der Waals surface area contributed by atoms with E-state index >= 15 is 0 Å². The third-order valence-electron chi connectivity index (χ3n) is 4.96. The summed E-state index contributed by atoms with van der Waals surface area (Å²) < 4.78 is 5.81. The van der Waals surface area contributed by atoms with Gasteiger partial charge in [-0.05, 0) is 39.3 Å². The third-order valence-corrected chi connectivity index (χ3v) is 4.96. The van der Waals surface area contributed by atoms with E-state index < -0.39 is 0 Å². The summed E-state index contributed by atoms with van der Waals surface area (Å²) in [7, 11) is 0. The monoisotopic (exact) mass is 374 g/mol. The Kier molecular flexibility index (Phi) is 6.21. The van der Waals surface area contributed by atoms with E-state index in [1.54, 1.807) is 0 Å². The lowest BCUT2D eigenvalue weighted by Crippen LogP contribution is -2.46. The summed E-state index contributed by atoms with van der Waals surface area (Å²) >= 11 is 0. The molecular formula is C20H30N4O3. The number of nitrogens with one attached hydrogen (secondary N) is 2. The van der Waals surface area contributed by atoms with Crippen molar-refractivity contribution in [3.05, 3.63) is 24.3 Å². The average molecular weight is 374 g/mol. The second-order valence-corrected chi connectivity index (χ2v) is 7.62. The van der Waals surface area contributed by atoms with Crippen molar-refractivity contribution in [2.45, 2.75) is 51.9 Å². The van der Waals surface area contributed by atoms with Gasteiger partial charge in [0.15, 0.2) is 0 Å². The van der Waals surface area contributed by atoms with Crippen molar-refractivity contribution in [3.8, 4) is 0 Å². The van der Waals surface area contributed by atoms with Gasteiger partial charge >= 0.3 is 6.03 Å². The van der Waals surface area contributed by atoms with E-state index in [0.717, 1.165) is 37.4 Å². The Labute approximate surface area is 161 Å². The van der Waals surface area contributed by atoms with Crippen LogP contribution in [0.4, 0.5) is 16.2 Å². The molecule has 148 valence electrons. The fourth-order valence-corrected chi connectivity index (χ4v) is 3.89. The molecule has 7 heteroatoms. The maximum atomic E-state index is 12.5. The van der Waals surface area contributed by atoms with E-state index in [1.165, 1.54) is 0 Å². The molecule has 3 amide bonds. The van der Waals surface area contributed by atoms with Crippen molar-refractivity contribution >= 4 is 23.3 Å². The Morgan fingerprint density at radius 1 is 1.26 bits per heavy atom. The number of morpholine rings is 1. The molecule has 0 aliphatic carbocycles. The number of para-hydroxylation sites is 2. The summed E-state index contributed by atoms with van der Waals surface area (Å²) in [6.45, 7) is 8.95. The summed E-state index contributed by atoms with van der Waals surface area (Å²) in [5, 5.41) is 5.90. The van der Waals surface area contributed by atoms with Gasteiger partial charge in [-0.2, -0.15) is 0 Å². The molecule has 2 fully saturated rings. The van der Waals surface area contributed by atoms with Crippen molar-refractivity contribution in [1.29, 1.82) is 0 Å². The maximum absolute atomic E-state index is 12.5. The van der Waals surface area contributed by atoms with E-state index in [9.17, 15) is 9.59 Å². The molecule has 2 aliphatic heterocycles. The van der Waals surface area contributed by atoms with E-state index in [1.807, 2.05) is 36.1 Å². The Morgan fingerprint density at radius 3 is 2.63 bits per heavy atom. The van der Waals surface area contributed by atoms with Gasteiger partial charge in [-0.1, -0.05) is 12.1 Å². The highest BCUT2D eigenvalue weighted by molar-refractivity contribution is 5.93. The zero-order valence-electron chi connectivity index (χ0n) is 16.4. The molecule has 0 unspecified atom stereocenters. The van der Waals surface area contributed by atoms with Crippen molar-refractivity contribution in [1.82, 2.24) is 10.2 Å². The minimum atomic E-state index is -0.254. The first-order valence-corrected chi connectivity index (χ1v) is 9.77. The summed E-state index contributed by atoms with van der Waals surface area (Å²) in [6, 6.07) is 7.46. The highest BCUT2D eigenvalue weighted by Crippen LogP contribution is 2.28. The minimum Gasteiger partial charge on any atom is -0.372 e. The zero-order valence-corrected chi connectivity index (χ0v) is 16.4. The van der Waals surface area contributed by atoms with E-state index in [0.29, 0.717) is 13.0 Å². The predicted molar refractivity (Wildman–Crippen MR) is 106 cm³/mol. The smallest absolute Gasteiger partial charge is 0.319 e. The largest absolute Gasteiger partial charge is 0.372 e. The molecule has 2 saturated heterocycles. The molecule has 2 heterocycles. The van der Waals surface area contributed by atoms with Gasteiger partial charge in [0.2, 0.25) is 5.91 Å². The lowest BCUT2D eigenvalue weighted by molar-refractivity contribution is -0.127. The van der Waals surface area contributed by atoms with Crippen LogP contribution in [-0.4, -0.2) is 61.3 Å². The van der Waals surface area contributed by atoms with Gasteiger partial charge in [-0.25, -0.2) is 4.79 Å². The topological polar surface area (TPSA) is 73.9 Å². The summed E-state index contributed by atoms with van der Waals surface area (Å²) in [6.07, 6.45) is 1.81. The number of rotatable bonds is 5. The highest BCUT2D eigenvalue weighted by atomic mass is 16.5. The normalized spacial score (nSPS) is 24.0. The average Bonchev–Trinajstić information content (AvgIpc) is 2.99. The number of anilines is 2. The van der Waals surface area contributed by atoms with Crippen LogP contribution in [0.5, 0.6) is 0 Å². The fraction of sp³-hybridized carbons (Fsp3) is 0.600. The molecule has 2 N–H and O–H groups in total. The Bertz CT molecular complexity index is 671. The molecule has 2 aliphatic rings. The van der Waals surface area contributed by atoms with Crippen molar-refractivity contribution in [2.75, 3.05) is 36.4 Å². The Morgan fingerprint density at radius 2 is 1.96 bits per heavy atom. The van der Waals surface area contributed by atoms with Crippen LogP contribution < -0.4 is 15.5 Å². The van der Waals surface area contributed by atoms with Crippen molar-refractivity contribution < 1.29 is 14.3 Å². The number of urea groups is 1. The van der Waals surface area contributed by atoms with Gasteiger partial charge in [0, 0.05) is 38.6 Å². The number of amides is 3. The lowest BCUT2D eigenvalue weighted by atomic mass is 10.1. The molecule has 0 bridgehead atoms. The molecule has 1 aromatic rings. The molecule has 27 heavy (non-hydrogen) atoms. The number of likely N-dealkylation sites (tertiary alicyclic amines) is 1. The van der Waals surface area contributed by atoms with Crippen LogP contribution in [0.3, 0.4) is 0 Å². The number of nitrogens with zero attached hydrogens (tertiary/aromatic N) is 2. The van der Waals surface area contributed by atoms with Crippen LogP contribution in [0, 0.1) is 0 Å². The fourth-order valence-electron chi connectivity index (χ4n) is 3.89. The standard InChI is InChI=1S/C20H30N4O3/c1-14(11-23-10-6-9-19(23)25)21-20(26)22-17-7-4-5-8-18(17)24-12-15(2)27-16(3)13-24/h4-5,7-8,14-16H,6,9-13H2,1-3H3,(H2,21,22,26)/t14-,15+,16+/m1/s1. The molecular weight excluding hydrogens is 344 g/mol. The van der Waals surface area contributed by atoms with Crippen LogP contribution in [0.1, 0.15) is 33.6 Å². The first-order valence-electron chi connectivity index (χ1n) is 9.77. The molecule has 0 radical (unpaired) electrons. The molecule has 0 saturated carbocycles. The Hall–Kier alpha value is -2.28. The summed E-state index contributed by atoms with van der Waals surface area (Å²) in [5.41, 5.74) is 1.78. The first kappa shape index (κ1) is 19.5. The van der Waals surface area contributed by atoms with Crippen LogP contribution in [0.2, 0.25) is 0 Å². The number of carbonyl (C=O) groups is 2. The van der Waals surface area contributed by atoms with Gasteiger partial charge < -0.3 is 25.2 Å². The molecule has 7 nitrogen and oxygen atoms in total. The highest BCUT2D eigenvalue weighted by Gasteiger charge is 2.25. The van der Waals surface area contributed by atoms with Crippen LogP contribution >= 0.6 is 0 Å². The van der Waals surface area contributed by atoms with Crippen LogP contribution in [0.15, 0.2) is 24.3 Å². The maximum Gasteiger partial charge on any atom is 0.319 e. The molecule has 3 atom stereocenters. The van der Waals surface area contributed by atoms with E-state index in [-0.39, 0.29) is 30.2 Å². The van der Waals surface area contributed by atoms with Crippen LogP contribution in [0.25, 0.3) is 0 Å². The van der Waals surface area contributed by atoms with Gasteiger partial charge in [0.25, 0.3) is 0 Å². The van der Waals surface area contributed by atoms with Gasteiger partial charge in [0.05, 0.1) is 23.6 Å². The van der Waals surface area contributed by atoms with Crippen molar-refractivity contribution in [3.63, 3.8) is 0 Å². The number of ether oxygens (including phenoxy) is 1.